The summed E-state index contributed by atoms with van der Waals surface area (Å²) in [6.45, 7) is 2.29. The molecule has 0 saturated heterocycles. The van der Waals surface area contributed by atoms with E-state index >= 15 is 0 Å². The molecule has 0 fully saturated rings. The van der Waals surface area contributed by atoms with Crippen LogP contribution in [0, 0.1) is 6.92 Å². The second kappa shape index (κ2) is 9.85. The van der Waals surface area contributed by atoms with Gasteiger partial charge in [0.25, 0.3) is 15.9 Å². The summed E-state index contributed by atoms with van der Waals surface area (Å²) in [5, 5.41) is 5.69. The zero-order chi connectivity index (χ0) is 23.3. The maximum absolute atomic E-state index is 12.8. The normalized spacial score (nSPS) is 11.1. The lowest BCUT2D eigenvalue weighted by Crippen LogP contribution is -2.17. The van der Waals surface area contributed by atoms with Crippen molar-refractivity contribution in [1.82, 2.24) is 4.98 Å². The topological polar surface area (TPSA) is 97.4 Å². The van der Waals surface area contributed by atoms with Gasteiger partial charge in [-0.2, -0.15) is 0 Å². The van der Waals surface area contributed by atoms with Crippen molar-refractivity contribution in [3.8, 4) is 5.75 Å². The van der Waals surface area contributed by atoms with Gasteiger partial charge in [-0.05, 0) is 55.5 Å². The lowest BCUT2D eigenvalue weighted by atomic mass is 10.2. The Balaban J connectivity index is 1.43. The largest absolute Gasteiger partial charge is 0.487 e. The number of rotatable bonds is 8. The van der Waals surface area contributed by atoms with E-state index in [9.17, 15) is 13.2 Å². The molecule has 0 unspecified atom stereocenters. The minimum Gasteiger partial charge on any atom is -0.487 e. The Morgan fingerprint density at radius 1 is 0.939 bits per heavy atom. The van der Waals surface area contributed by atoms with E-state index in [2.05, 4.69) is 15.0 Å². The quantitative estimate of drug-likeness (QED) is 0.367. The summed E-state index contributed by atoms with van der Waals surface area (Å²) in [6.07, 6.45) is 0. The Hall–Kier alpha value is -3.69. The fraction of sp³-hybridized carbons (Fsp3) is 0.0833. The monoisotopic (exact) mass is 479 g/mol. The minimum absolute atomic E-state index is 0.134. The predicted octanol–water partition coefficient (Wildman–Crippen LogP) is 5.08. The van der Waals surface area contributed by atoms with Gasteiger partial charge in [-0.15, -0.1) is 11.3 Å². The molecule has 1 heterocycles. The number of hydrogen-bond donors (Lipinski definition) is 2. The Morgan fingerprint density at radius 3 is 2.27 bits per heavy atom. The number of aryl methyl sites for hydroxylation is 1. The zero-order valence-corrected chi connectivity index (χ0v) is 19.3. The molecule has 4 aromatic rings. The SMILES string of the molecule is Cc1nc(COc2ccc(C(=O)Nc3ccccc3NS(=O)(=O)c3ccccc3)cc2)cs1. The molecular formula is C24H21N3O4S2. The van der Waals surface area contributed by atoms with Gasteiger partial charge in [0.05, 0.1) is 27.0 Å². The number of thiazole rings is 1. The maximum atomic E-state index is 12.8. The summed E-state index contributed by atoms with van der Waals surface area (Å²) in [6, 6.07) is 21.4. The summed E-state index contributed by atoms with van der Waals surface area (Å²) in [4.78, 5) is 17.2. The molecule has 2 N–H and O–H groups in total. The highest BCUT2D eigenvalue weighted by Crippen LogP contribution is 2.25. The predicted molar refractivity (Wildman–Crippen MR) is 129 cm³/mol. The van der Waals surface area contributed by atoms with Crippen molar-refractivity contribution in [1.29, 1.82) is 0 Å². The number of anilines is 2. The van der Waals surface area contributed by atoms with Gasteiger partial charge in [-0.3, -0.25) is 9.52 Å². The highest BCUT2D eigenvalue weighted by atomic mass is 32.2. The van der Waals surface area contributed by atoms with E-state index in [0.717, 1.165) is 10.7 Å². The number of benzene rings is 3. The molecular weight excluding hydrogens is 458 g/mol. The van der Waals surface area contributed by atoms with Gasteiger partial charge < -0.3 is 10.1 Å². The number of amides is 1. The van der Waals surface area contributed by atoms with Crippen molar-refractivity contribution in [2.45, 2.75) is 18.4 Å². The summed E-state index contributed by atoms with van der Waals surface area (Å²) >= 11 is 1.56. The Labute approximate surface area is 196 Å². The number of para-hydroxylation sites is 2. The van der Waals surface area contributed by atoms with Crippen LogP contribution in [0.4, 0.5) is 11.4 Å². The first kappa shape index (κ1) is 22.5. The molecule has 1 aromatic heterocycles. The van der Waals surface area contributed by atoms with Crippen molar-refractivity contribution in [2.24, 2.45) is 0 Å². The van der Waals surface area contributed by atoms with Gasteiger partial charge >= 0.3 is 0 Å². The van der Waals surface area contributed by atoms with E-state index in [0.29, 0.717) is 23.6 Å². The van der Waals surface area contributed by atoms with Crippen LogP contribution in [0.3, 0.4) is 0 Å². The molecule has 0 saturated carbocycles. The zero-order valence-electron chi connectivity index (χ0n) is 17.7. The number of carbonyl (C=O) groups is 1. The number of carbonyl (C=O) groups excluding carboxylic acids is 1. The number of nitrogens with one attached hydrogen (secondary N) is 2. The van der Waals surface area contributed by atoms with Gasteiger partial charge in [0.15, 0.2) is 0 Å². The highest BCUT2D eigenvalue weighted by molar-refractivity contribution is 7.92. The third-order valence-electron chi connectivity index (χ3n) is 4.64. The van der Waals surface area contributed by atoms with Crippen LogP contribution in [0.5, 0.6) is 5.75 Å². The van der Waals surface area contributed by atoms with E-state index in [4.69, 9.17) is 4.74 Å². The number of sulfonamides is 1. The third kappa shape index (κ3) is 5.76. The molecule has 0 radical (unpaired) electrons. The van der Waals surface area contributed by atoms with Crippen LogP contribution in [0.15, 0.2) is 89.1 Å². The van der Waals surface area contributed by atoms with Crippen LogP contribution in [-0.4, -0.2) is 19.3 Å². The van der Waals surface area contributed by atoms with Gasteiger partial charge in [0, 0.05) is 10.9 Å². The first-order chi connectivity index (χ1) is 15.9. The Morgan fingerprint density at radius 2 is 1.61 bits per heavy atom. The lowest BCUT2D eigenvalue weighted by Gasteiger charge is -2.14. The van der Waals surface area contributed by atoms with Crippen molar-refractivity contribution >= 4 is 38.6 Å². The smallest absolute Gasteiger partial charge is 0.261 e. The fourth-order valence-electron chi connectivity index (χ4n) is 3.01. The first-order valence-electron chi connectivity index (χ1n) is 10.0. The molecule has 0 spiro atoms. The van der Waals surface area contributed by atoms with E-state index in [-0.39, 0.29) is 16.5 Å². The Kier molecular flexibility index (Phi) is 6.71. The van der Waals surface area contributed by atoms with Crippen LogP contribution >= 0.6 is 11.3 Å². The van der Waals surface area contributed by atoms with Gasteiger partial charge in [0.1, 0.15) is 12.4 Å². The second-order valence-corrected chi connectivity index (χ2v) is 9.83. The van der Waals surface area contributed by atoms with Crippen LogP contribution in [0.2, 0.25) is 0 Å². The van der Waals surface area contributed by atoms with Crippen molar-refractivity contribution in [2.75, 3.05) is 10.0 Å². The summed E-state index contributed by atoms with van der Waals surface area (Å²) in [5.41, 5.74) is 1.89. The van der Waals surface area contributed by atoms with Crippen molar-refractivity contribution in [3.05, 3.63) is 101 Å². The average Bonchev–Trinajstić information content (AvgIpc) is 3.25. The number of aromatic nitrogens is 1. The van der Waals surface area contributed by atoms with E-state index in [1.54, 1.807) is 78.1 Å². The first-order valence-corrected chi connectivity index (χ1v) is 12.4. The number of nitrogens with zero attached hydrogens (tertiary/aromatic N) is 1. The molecule has 0 aliphatic heterocycles. The van der Waals surface area contributed by atoms with Crippen LogP contribution in [0.25, 0.3) is 0 Å². The van der Waals surface area contributed by atoms with Crippen molar-refractivity contribution in [3.63, 3.8) is 0 Å². The molecule has 3 aromatic carbocycles. The Bertz CT molecular complexity index is 1350. The number of ether oxygens (including phenoxy) is 1. The minimum atomic E-state index is -3.79. The summed E-state index contributed by atoms with van der Waals surface area (Å²) in [5.74, 6) is 0.247. The van der Waals surface area contributed by atoms with E-state index in [1.807, 2.05) is 12.3 Å². The summed E-state index contributed by atoms with van der Waals surface area (Å²) < 4.78 is 33.6. The molecule has 4 rings (SSSR count). The molecule has 0 atom stereocenters. The molecule has 1 amide bonds. The van der Waals surface area contributed by atoms with Crippen LogP contribution in [0.1, 0.15) is 21.1 Å². The molecule has 168 valence electrons. The maximum Gasteiger partial charge on any atom is 0.261 e. The van der Waals surface area contributed by atoms with Gasteiger partial charge in [0.2, 0.25) is 0 Å². The van der Waals surface area contributed by atoms with Crippen LogP contribution < -0.4 is 14.8 Å². The fourth-order valence-corrected chi connectivity index (χ4v) is 4.71. The molecule has 7 nitrogen and oxygen atoms in total. The molecule has 9 heteroatoms. The summed E-state index contributed by atoms with van der Waals surface area (Å²) in [7, 11) is -3.79. The highest BCUT2D eigenvalue weighted by Gasteiger charge is 2.17. The lowest BCUT2D eigenvalue weighted by molar-refractivity contribution is 0.102. The van der Waals surface area contributed by atoms with Crippen LogP contribution in [-0.2, 0) is 16.6 Å². The standard InChI is InChI=1S/C24H21N3O4S2/c1-17-25-19(16-32-17)15-31-20-13-11-18(12-14-20)24(28)26-22-9-5-6-10-23(22)27-33(29,30)21-7-3-2-4-8-21/h2-14,16,27H,15H2,1H3,(H,26,28). The van der Waals surface area contributed by atoms with Crippen molar-refractivity contribution < 1.29 is 17.9 Å². The molecule has 33 heavy (non-hydrogen) atoms. The number of hydrogen-bond acceptors (Lipinski definition) is 6. The average molecular weight is 480 g/mol. The van der Waals surface area contributed by atoms with Gasteiger partial charge in [-0.1, -0.05) is 30.3 Å². The molecule has 0 aliphatic carbocycles. The van der Waals surface area contributed by atoms with E-state index in [1.165, 1.54) is 12.1 Å². The molecule has 0 bridgehead atoms. The van der Waals surface area contributed by atoms with Gasteiger partial charge in [-0.25, -0.2) is 13.4 Å². The third-order valence-corrected chi connectivity index (χ3v) is 6.85. The molecule has 0 aliphatic rings. The second-order valence-electron chi connectivity index (χ2n) is 7.09. The van der Waals surface area contributed by atoms with E-state index < -0.39 is 10.0 Å².